The lowest BCUT2D eigenvalue weighted by atomic mass is 10.4. The summed E-state index contributed by atoms with van der Waals surface area (Å²) in [5, 5.41) is 0. The molecule has 0 saturated heterocycles. The van der Waals surface area contributed by atoms with Crippen molar-refractivity contribution in [2.45, 2.75) is 6.92 Å². The van der Waals surface area contributed by atoms with Gasteiger partial charge in [0.05, 0.1) is 0 Å². The zero-order valence-corrected chi connectivity index (χ0v) is 8.78. The van der Waals surface area contributed by atoms with Crippen molar-refractivity contribution in [1.29, 1.82) is 0 Å². The Kier molecular flexibility index (Phi) is 9.09. The van der Waals surface area contributed by atoms with E-state index in [0.717, 1.165) is 6.61 Å². The molecule has 0 spiro atoms. The largest absolute Gasteiger partial charge is 0.411 e. The number of rotatable bonds is 2. The van der Waals surface area contributed by atoms with Crippen molar-refractivity contribution in [2.75, 3.05) is 6.61 Å². The zero-order chi connectivity index (χ0) is 9.07. The van der Waals surface area contributed by atoms with Crippen molar-refractivity contribution in [1.82, 2.24) is 0 Å². The first-order chi connectivity index (χ1) is 5.91. The Morgan fingerprint density at radius 2 is 1.58 bits per heavy atom. The normalized spacial score (nSPS) is 8.67. The van der Waals surface area contributed by atoms with Crippen LogP contribution in [0, 0.1) is 12.0 Å². The molecule has 1 nitrogen and oxygen atoms in total. The van der Waals surface area contributed by atoms with Crippen molar-refractivity contribution in [2.24, 2.45) is 0 Å². The molecule has 2 heteroatoms. The van der Waals surface area contributed by atoms with E-state index in [1.165, 1.54) is 0 Å². The van der Waals surface area contributed by atoms with Gasteiger partial charge in [0.2, 0.25) is 9.76 Å². The van der Waals surface area contributed by atoms with Gasteiger partial charge in [-0.2, -0.15) is 0 Å². The quantitative estimate of drug-likeness (QED) is 0.378. The Morgan fingerprint density at radius 1 is 1.17 bits per heavy atom. The number of terminal acetylenes is 1. The monoisotopic (exact) mass is 178 g/mol. The van der Waals surface area contributed by atoms with E-state index in [-0.39, 0.29) is 0 Å². The minimum atomic E-state index is -0.551. The third-order valence-electron chi connectivity index (χ3n) is 1.06. The third kappa shape index (κ3) is 8.96. The average molecular weight is 178 g/mol. The fraction of sp³-hybridized carbons (Fsp3) is 0.200. The van der Waals surface area contributed by atoms with E-state index in [4.69, 9.17) is 10.8 Å². The molecule has 0 fully saturated rings. The van der Waals surface area contributed by atoms with Gasteiger partial charge in [0.25, 0.3) is 0 Å². The van der Waals surface area contributed by atoms with E-state index in [2.05, 4.69) is 5.54 Å². The molecule has 0 aliphatic rings. The Labute approximate surface area is 76.7 Å². The second-order valence-electron chi connectivity index (χ2n) is 2.00. The minimum absolute atomic E-state index is 0.551. The molecule has 0 saturated carbocycles. The van der Waals surface area contributed by atoms with E-state index in [1.54, 1.807) is 0 Å². The molecule has 0 radical (unpaired) electrons. The first-order valence-corrected chi connectivity index (χ1v) is 5.21. The number of benzene rings is 1. The smallest absolute Gasteiger partial charge is 0.240 e. The zero-order valence-electron chi connectivity index (χ0n) is 7.36. The molecule has 0 bridgehead atoms. The van der Waals surface area contributed by atoms with E-state index < -0.39 is 9.76 Å². The van der Waals surface area contributed by atoms with Crippen molar-refractivity contribution in [3.05, 3.63) is 36.4 Å². The van der Waals surface area contributed by atoms with Crippen LogP contribution in [0.5, 0.6) is 0 Å². The molecule has 0 unspecified atom stereocenters. The van der Waals surface area contributed by atoms with E-state index in [0.29, 0.717) is 0 Å². The second-order valence-corrected chi connectivity index (χ2v) is 3.10. The molecule has 0 heterocycles. The van der Waals surface area contributed by atoms with E-state index in [1.807, 2.05) is 43.3 Å². The van der Waals surface area contributed by atoms with Gasteiger partial charge in [-0.05, 0) is 6.92 Å². The summed E-state index contributed by atoms with van der Waals surface area (Å²) in [7, 11) is -0.551. The van der Waals surface area contributed by atoms with Crippen molar-refractivity contribution < 1.29 is 4.43 Å². The molecule has 12 heavy (non-hydrogen) atoms. The highest BCUT2D eigenvalue weighted by Gasteiger charge is 1.70. The molecular weight excluding hydrogens is 164 g/mol. The molecule has 0 aliphatic carbocycles. The van der Waals surface area contributed by atoms with Gasteiger partial charge in [-0.25, -0.2) is 0 Å². The summed E-state index contributed by atoms with van der Waals surface area (Å²) in [5.41, 5.74) is 2.49. The van der Waals surface area contributed by atoms with Crippen LogP contribution in [-0.4, -0.2) is 16.4 Å². The van der Waals surface area contributed by atoms with Gasteiger partial charge in [0.15, 0.2) is 0 Å². The molecular formula is C10H14OSi. The van der Waals surface area contributed by atoms with Crippen LogP contribution in [0.1, 0.15) is 6.92 Å². The van der Waals surface area contributed by atoms with E-state index in [9.17, 15) is 0 Å². The highest BCUT2D eigenvalue weighted by Crippen LogP contribution is 1.79. The second kappa shape index (κ2) is 9.96. The Bertz CT molecular complexity index is 176. The van der Waals surface area contributed by atoms with Crippen LogP contribution >= 0.6 is 0 Å². The topological polar surface area (TPSA) is 9.23 Å². The SMILES string of the molecule is C#C[SiH2]OCC.c1ccccc1. The minimum Gasteiger partial charge on any atom is -0.411 e. The molecule has 1 aromatic carbocycles. The van der Waals surface area contributed by atoms with Gasteiger partial charge in [-0.1, -0.05) is 36.4 Å². The maximum Gasteiger partial charge on any atom is 0.240 e. The Balaban J connectivity index is 0.000000202. The summed E-state index contributed by atoms with van der Waals surface area (Å²) in [6, 6.07) is 12.0. The summed E-state index contributed by atoms with van der Waals surface area (Å²) >= 11 is 0. The molecule has 0 aliphatic heterocycles. The molecule has 1 aromatic rings. The van der Waals surface area contributed by atoms with Gasteiger partial charge in [0.1, 0.15) is 0 Å². The van der Waals surface area contributed by atoms with Gasteiger partial charge in [-0.15, -0.1) is 12.0 Å². The summed E-state index contributed by atoms with van der Waals surface area (Å²) in [4.78, 5) is 0. The average Bonchev–Trinajstić information content (AvgIpc) is 2.18. The number of hydrogen-bond donors (Lipinski definition) is 0. The third-order valence-corrected chi connectivity index (χ3v) is 1.84. The summed E-state index contributed by atoms with van der Waals surface area (Å²) in [6.45, 7) is 2.72. The molecule has 1 rings (SSSR count). The molecule has 0 amide bonds. The fourth-order valence-electron chi connectivity index (χ4n) is 0.546. The Morgan fingerprint density at radius 3 is 1.75 bits per heavy atom. The molecule has 0 aromatic heterocycles. The molecule has 0 N–H and O–H groups in total. The summed E-state index contributed by atoms with van der Waals surface area (Å²) in [6.07, 6.45) is 4.90. The molecule has 64 valence electrons. The van der Waals surface area contributed by atoms with Crippen LogP contribution in [0.15, 0.2) is 36.4 Å². The van der Waals surface area contributed by atoms with E-state index >= 15 is 0 Å². The Hall–Kier alpha value is -1.04. The van der Waals surface area contributed by atoms with Crippen LogP contribution in [0.4, 0.5) is 0 Å². The van der Waals surface area contributed by atoms with Gasteiger partial charge >= 0.3 is 0 Å². The lowest BCUT2D eigenvalue weighted by Crippen LogP contribution is -1.92. The summed E-state index contributed by atoms with van der Waals surface area (Å²) < 4.78 is 4.89. The predicted octanol–water partition coefficient (Wildman–Crippen LogP) is 1.38. The highest BCUT2D eigenvalue weighted by atomic mass is 28.2. The molecule has 0 atom stereocenters. The van der Waals surface area contributed by atoms with Crippen LogP contribution in [0.3, 0.4) is 0 Å². The van der Waals surface area contributed by atoms with Crippen LogP contribution < -0.4 is 0 Å². The van der Waals surface area contributed by atoms with Crippen LogP contribution in [0.25, 0.3) is 0 Å². The summed E-state index contributed by atoms with van der Waals surface area (Å²) in [5.74, 6) is 0. The maximum atomic E-state index is 4.90. The lowest BCUT2D eigenvalue weighted by molar-refractivity contribution is 0.368. The highest BCUT2D eigenvalue weighted by molar-refractivity contribution is 6.38. The van der Waals surface area contributed by atoms with Crippen molar-refractivity contribution in [3.63, 3.8) is 0 Å². The number of hydrogen-bond acceptors (Lipinski definition) is 1. The lowest BCUT2D eigenvalue weighted by Gasteiger charge is -1.85. The predicted molar refractivity (Wildman–Crippen MR) is 55.4 cm³/mol. The standard InChI is InChI=1S/C6H6.C4H8OSi/c1-2-4-6-5-3-1;1-3-5-6-4-2/h1-6H;2H,3,6H2,1H3. The van der Waals surface area contributed by atoms with Gasteiger partial charge < -0.3 is 4.43 Å². The first-order valence-electron chi connectivity index (χ1n) is 3.93. The van der Waals surface area contributed by atoms with Crippen LogP contribution in [-0.2, 0) is 4.43 Å². The fourth-order valence-corrected chi connectivity index (χ4v) is 0.868. The van der Waals surface area contributed by atoms with Gasteiger partial charge in [-0.3, -0.25) is 0 Å². The van der Waals surface area contributed by atoms with Crippen molar-refractivity contribution >= 4 is 9.76 Å². The van der Waals surface area contributed by atoms with Gasteiger partial charge in [0, 0.05) is 6.61 Å². The van der Waals surface area contributed by atoms with Crippen LogP contribution in [0.2, 0.25) is 0 Å². The van der Waals surface area contributed by atoms with Crippen molar-refractivity contribution in [3.8, 4) is 12.0 Å². The first kappa shape index (κ1) is 11.0. The maximum absolute atomic E-state index is 4.90.